The van der Waals surface area contributed by atoms with Crippen LogP contribution in [0.2, 0.25) is 0 Å². The van der Waals surface area contributed by atoms with Gasteiger partial charge in [-0.3, -0.25) is 0 Å². The van der Waals surface area contributed by atoms with Crippen molar-refractivity contribution in [2.24, 2.45) is 7.05 Å². The number of hydrogen-bond donors (Lipinski definition) is 0. The first-order chi connectivity index (χ1) is 7.36. The molecule has 0 atom stereocenters. The van der Waals surface area contributed by atoms with Crippen molar-refractivity contribution in [3.63, 3.8) is 0 Å². The molecule has 0 N–H and O–H groups in total. The molecule has 0 unspecified atom stereocenters. The molecule has 74 valence electrons. The molecule has 4 heteroatoms. The van der Waals surface area contributed by atoms with Crippen LogP contribution in [0.5, 0.6) is 0 Å². The summed E-state index contributed by atoms with van der Waals surface area (Å²) in [5.41, 5.74) is 1.88. The van der Waals surface area contributed by atoms with Crippen LogP contribution in [0.1, 0.15) is 0 Å². The Morgan fingerprint density at radius 2 is 2.20 bits per heavy atom. The van der Waals surface area contributed by atoms with Gasteiger partial charge in [0.1, 0.15) is 5.52 Å². The average Bonchev–Trinajstić information content (AvgIpc) is 2.87. The minimum atomic E-state index is 0.931. The fourth-order valence-electron chi connectivity index (χ4n) is 1.65. The second-order valence-electron chi connectivity index (χ2n) is 3.32. The zero-order valence-electron chi connectivity index (χ0n) is 8.21. The molecule has 0 aliphatic carbocycles. The maximum atomic E-state index is 4.57. The van der Waals surface area contributed by atoms with Crippen LogP contribution in [0, 0.1) is 0 Å². The highest BCUT2D eigenvalue weighted by Gasteiger charge is 2.10. The summed E-state index contributed by atoms with van der Waals surface area (Å²) in [6, 6.07) is 8.01. The number of rotatable bonds is 1. The lowest BCUT2D eigenvalue weighted by Crippen LogP contribution is -1.91. The Morgan fingerprint density at radius 1 is 1.27 bits per heavy atom. The molecular formula is C11H9N3S. The van der Waals surface area contributed by atoms with Gasteiger partial charge in [-0.1, -0.05) is 6.07 Å². The number of imidazole rings is 1. The van der Waals surface area contributed by atoms with Gasteiger partial charge in [-0.05, 0) is 23.6 Å². The van der Waals surface area contributed by atoms with Gasteiger partial charge in [-0.25, -0.2) is 9.97 Å². The van der Waals surface area contributed by atoms with Crippen molar-refractivity contribution in [3.05, 3.63) is 35.8 Å². The summed E-state index contributed by atoms with van der Waals surface area (Å²) < 4.78 is 2.03. The van der Waals surface area contributed by atoms with Crippen molar-refractivity contribution >= 4 is 22.5 Å². The van der Waals surface area contributed by atoms with Crippen LogP contribution in [0.4, 0.5) is 0 Å². The van der Waals surface area contributed by atoms with E-state index in [4.69, 9.17) is 0 Å². The molecule has 0 aliphatic heterocycles. The molecule has 0 aromatic carbocycles. The number of nitrogens with zero attached hydrogens (tertiary/aromatic N) is 3. The van der Waals surface area contributed by atoms with E-state index in [1.54, 1.807) is 17.5 Å². The van der Waals surface area contributed by atoms with Crippen molar-refractivity contribution in [3.8, 4) is 10.7 Å². The van der Waals surface area contributed by atoms with Gasteiger partial charge in [0.05, 0.1) is 4.88 Å². The maximum absolute atomic E-state index is 4.57. The van der Waals surface area contributed by atoms with E-state index >= 15 is 0 Å². The summed E-state index contributed by atoms with van der Waals surface area (Å²) in [7, 11) is 2.00. The van der Waals surface area contributed by atoms with Crippen molar-refractivity contribution in [2.75, 3.05) is 0 Å². The monoisotopic (exact) mass is 215 g/mol. The van der Waals surface area contributed by atoms with E-state index < -0.39 is 0 Å². The highest BCUT2D eigenvalue weighted by Crippen LogP contribution is 2.25. The maximum Gasteiger partial charge on any atom is 0.160 e. The SMILES string of the molecule is Cn1c(-c2cccs2)nc2cccnc21. The molecular weight excluding hydrogens is 206 g/mol. The Bertz CT molecular complexity index is 595. The van der Waals surface area contributed by atoms with Crippen LogP contribution < -0.4 is 0 Å². The van der Waals surface area contributed by atoms with E-state index in [2.05, 4.69) is 21.4 Å². The van der Waals surface area contributed by atoms with Gasteiger partial charge in [0.2, 0.25) is 0 Å². The third-order valence-electron chi connectivity index (χ3n) is 2.37. The molecule has 0 bridgehead atoms. The van der Waals surface area contributed by atoms with Crippen LogP contribution in [0.3, 0.4) is 0 Å². The molecule has 0 aliphatic rings. The van der Waals surface area contributed by atoms with Gasteiger partial charge in [0.25, 0.3) is 0 Å². The van der Waals surface area contributed by atoms with Crippen molar-refractivity contribution in [1.29, 1.82) is 0 Å². The van der Waals surface area contributed by atoms with Gasteiger partial charge in [-0.2, -0.15) is 0 Å². The molecule has 0 spiro atoms. The number of aromatic nitrogens is 3. The lowest BCUT2D eigenvalue weighted by molar-refractivity contribution is 0.945. The van der Waals surface area contributed by atoms with Crippen molar-refractivity contribution in [1.82, 2.24) is 14.5 Å². The number of hydrogen-bond acceptors (Lipinski definition) is 3. The van der Waals surface area contributed by atoms with Crippen LogP contribution in [0.15, 0.2) is 35.8 Å². The number of fused-ring (bicyclic) bond motifs is 1. The summed E-state index contributed by atoms with van der Waals surface area (Å²) in [6.45, 7) is 0. The topological polar surface area (TPSA) is 30.7 Å². The largest absolute Gasteiger partial charge is 0.311 e. The van der Waals surface area contributed by atoms with Gasteiger partial charge < -0.3 is 4.57 Å². The Kier molecular flexibility index (Phi) is 1.82. The molecule has 3 nitrogen and oxygen atoms in total. The summed E-state index contributed by atoms with van der Waals surface area (Å²) >= 11 is 1.69. The minimum absolute atomic E-state index is 0.931. The molecule has 0 amide bonds. The molecule has 3 rings (SSSR count). The number of pyridine rings is 1. The smallest absolute Gasteiger partial charge is 0.160 e. The third kappa shape index (κ3) is 1.26. The Morgan fingerprint density at radius 3 is 2.93 bits per heavy atom. The van der Waals surface area contributed by atoms with Gasteiger partial charge in [0, 0.05) is 13.2 Å². The summed E-state index contributed by atoms with van der Waals surface area (Å²) in [6.07, 6.45) is 1.79. The fraction of sp³-hybridized carbons (Fsp3) is 0.0909. The summed E-state index contributed by atoms with van der Waals surface area (Å²) in [5, 5.41) is 2.06. The third-order valence-corrected chi connectivity index (χ3v) is 3.24. The van der Waals surface area contributed by atoms with Crippen molar-refractivity contribution < 1.29 is 0 Å². The van der Waals surface area contributed by atoms with Gasteiger partial charge in [0.15, 0.2) is 11.5 Å². The standard InChI is InChI=1S/C11H9N3S/c1-14-10-8(4-2-6-12-10)13-11(14)9-5-3-7-15-9/h2-7H,1H3. The van der Waals surface area contributed by atoms with E-state index in [-0.39, 0.29) is 0 Å². The normalized spacial score (nSPS) is 11.0. The van der Waals surface area contributed by atoms with Crippen LogP contribution in [0.25, 0.3) is 21.9 Å². The first-order valence-electron chi connectivity index (χ1n) is 4.67. The van der Waals surface area contributed by atoms with Crippen molar-refractivity contribution in [2.45, 2.75) is 0 Å². The Hall–Kier alpha value is -1.68. The molecule has 3 heterocycles. The lowest BCUT2D eigenvalue weighted by atomic mass is 10.4. The average molecular weight is 215 g/mol. The second-order valence-corrected chi connectivity index (χ2v) is 4.27. The first kappa shape index (κ1) is 8.61. The van der Waals surface area contributed by atoms with E-state index in [0.717, 1.165) is 17.0 Å². The van der Waals surface area contributed by atoms with Gasteiger partial charge in [-0.15, -0.1) is 11.3 Å². The van der Waals surface area contributed by atoms with E-state index in [1.165, 1.54) is 4.88 Å². The molecule has 0 saturated heterocycles. The molecule has 15 heavy (non-hydrogen) atoms. The number of aryl methyl sites for hydroxylation is 1. The first-order valence-corrected chi connectivity index (χ1v) is 5.55. The molecule has 0 saturated carbocycles. The van der Waals surface area contributed by atoms with E-state index in [1.807, 2.05) is 29.8 Å². The number of thiophene rings is 1. The highest BCUT2D eigenvalue weighted by molar-refractivity contribution is 7.13. The van der Waals surface area contributed by atoms with Gasteiger partial charge >= 0.3 is 0 Å². The zero-order valence-corrected chi connectivity index (χ0v) is 9.03. The molecule has 0 radical (unpaired) electrons. The minimum Gasteiger partial charge on any atom is -0.311 e. The summed E-state index contributed by atoms with van der Waals surface area (Å²) in [4.78, 5) is 10.1. The van der Waals surface area contributed by atoms with Crippen LogP contribution >= 0.6 is 11.3 Å². The highest BCUT2D eigenvalue weighted by atomic mass is 32.1. The molecule has 3 aromatic heterocycles. The van der Waals surface area contributed by atoms with E-state index in [0.29, 0.717) is 0 Å². The lowest BCUT2D eigenvalue weighted by Gasteiger charge is -1.97. The summed E-state index contributed by atoms with van der Waals surface area (Å²) in [5.74, 6) is 0.985. The molecule has 0 fully saturated rings. The fourth-order valence-corrected chi connectivity index (χ4v) is 2.40. The molecule has 3 aromatic rings. The Labute approximate surface area is 91.0 Å². The second kappa shape index (κ2) is 3.17. The Balaban J connectivity index is 2.33. The van der Waals surface area contributed by atoms with Crippen LogP contribution in [-0.2, 0) is 7.05 Å². The zero-order chi connectivity index (χ0) is 10.3. The van der Waals surface area contributed by atoms with E-state index in [9.17, 15) is 0 Å². The predicted molar refractivity (Wildman–Crippen MR) is 61.8 cm³/mol. The quantitative estimate of drug-likeness (QED) is 0.625. The van der Waals surface area contributed by atoms with Crippen LogP contribution in [-0.4, -0.2) is 14.5 Å². The predicted octanol–water partition coefficient (Wildman–Crippen LogP) is 2.70.